The normalized spacial score (nSPS) is 14.1. The highest BCUT2D eigenvalue weighted by atomic mass is 31.2. The molecular formula is C88H172O17P2. The standard InChI is InChI=1S/C88H172O17P2/c1-9-81(8)67-59-51-42-36-30-24-20-21-27-33-39-45-55-63-71-88(93)105-84(75-99-86(91)69-61-53-47-46-50-58-66-80(6)7)77-103-107(96,97)101-73-82(89)72-100-106(94,95)102-76-83(104-87(92)70-62-54-44-38-32-26-19-15-14-17-23-29-35-41-49-57-65-79(4)5)74-98-85(90)68-60-52-43-37-31-25-18-13-11-10-12-16-22-28-34-40-48-56-64-78(2)3/h78-84,89H,9-77H2,1-8H3,(H,94,95)(H,96,97)/t81?,82-,83-,84-/m1/s1. The smallest absolute Gasteiger partial charge is 0.462 e. The molecule has 17 nitrogen and oxygen atoms in total. The van der Waals surface area contributed by atoms with Crippen LogP contribution in [0.4, 0.5) is 0 Å². The van der Waals surface area contributed by atoms with E-state index in [9.17, 15) is 43.2 Å². The summed E-state index contributed by atoms with van der Waals surface area (Å²) in [6.07, 6.45) is 66.8. The molecule has 0 radical (unpaired) electrons. The Bertz CT molecular complexity index is 2080. The van der Waals surface area contributed by atoms with Crippen LogP contribution in [0.15, 0.2) is 0 Å². The maximum atomic E-state index is 13.2. The summed E-state index contributed by atoms with van der Waals surface area (Å²) in [5.41, 5.74) is 0. The average Bonchev–Trinajstić information content (AvgIpc) is 0.899. The fourth-order valence-corrected chi connectivity index (χ4v) is 15.2. The van der Waals surface area contributed by atoms with Crippen molar-refractivity contribution in [1.29, 1.82) is 0 Å². The van der Waals surface area contributed by atoms with Crippen molar-refractivity contribution in [2.75, 3.05) is 39.6 Å². The van der Waals surface area contributed by atoms with Crippen LogP contribution in [0.5, 0.6) is 0 Å². The maximum absolute atomic E-state index is 13.2. The van der Waals surface area contributed by atoms with E-state index in [2.05, 4.69) is 55.4 Å². The van der Waals surface area contributed by atoms with Crippen molar-refractivity contribution in [1.82, 2.24) is 0 Å². The Labute approximate surface area is 658 Å². The first-order valence-corrected chi connectivity index (χ1v) is 48.2. The number of aliphatic hydroxyl groups is 1. The molecule has 0 fully saturated rings. The van der Waals surface area contributed by atoms with E-state index in [4.69, 9.17) is 37.0 Å². The molecule has 107 heavy (non-hydrogen) atoms. The molecule has 19 heteroatoms. The van der Waals surface area contributed by atoms with Crippen molar-refractivity contribution < 1.29 is 80.2 Å². The van der Waals surface area contributed by atoms with E-state index >= 15 is 0 Å². The Morgan fingerprint density at radius 1 is 0.262 bits per heavy atom. The molecule has 0 aliphatic carbocycles. The van der Waals surface area contributed by atoms with Crippen LogP contribution in [0, 0.1) is 23.7 Å². The number of hydrogen-bond acceptors (Lipinski definition) is 15. The van der Waals surface area contributed by atoms with Gasteiger partial charge in [0.25, 0.3) is 0 Å². The number of ether oxygens (including phenoxy) is 4. The molecule has 0 aromatic carbocycles. The van der Waals surface area contributed by atoms with E-state index in [1.807, 2.05) is 0 Å². The molecule has 636 valence electrons. The summed E-state index contributed by atoms with van der Waals surface area (Å²) in [5.74, 6) is 1.05. The second kappa shape index (κ2) is 76.7. The topological polar surface area (TPSA) is 237 Å². The van der Waals surface area contributed by atoms with E-state index in [0.717, 1.165) is 114 Å². The van der Waals surface area contributed by atoms with Gasteiger partial charge < -0.3 is 33.8 Å². The van der Waals surface area contributed by atoms with Crippen LogP contribution in [0.3, 0.4) is 0 Å². The van der Waals surface area contributed by atoms with Crippen LogP contribution in [0.25, 0.3) is 0 Å². The van der Waals surface area contributed by atoms with E-state index in [1.54, 1.807) is 0 Å². The zero-order chi connectivity index (χ0) is 78.8. The Morgan fingerprint density at radius 3 is 0.664 bits per heavy atom. The molecule has 0 aromatic heterocycles. The van der Waals surface area contributed by atoms with Gasteiger partial charge >= 0.3 is 39.5 Å². The van der Waals surface area contributed by atoms with Gasteiger partial charge in [0, 0.05) is 25.7 Å². The summed E-state index contributed by atoms with van der Waals surface area (Å²) in [7, 11) is -9.93. The highest BCUT2D eigenvalue weighted by Gasteiger charge is 2.31. The summed E-state index contributed by atoms with van der Waals surface area (Å²) in [6.45, 7) is 14.3. The number of esters is 4. The van der Waals surface area contributed by atoms with Gasteiger partial charge in [-0.05, 0) is 49.4 Å². The summed E-state index contributed by atoms with van der Waals surface area (Å²) >= 11 is 0. The lowest BCUT2D eigenvalue weighted by atomic mass is 9.99. The molecule has 3 unspecified atom stereocenters. The van der Waals surface area contributed by atoms with Gasteiger partial charge in [0.1, 0.15) is 19.3 Å². The third kappa shape index (κ3) is 80.5. The molecule has 0 spiro atoms. The number of carbonyl (C=O) groups is 4. The van der Waals surface area contributed by atoms with E-state index in [-0.39, 0.29) is 25.7 Å². The second-order valence-corrected chi connectivity index (χ2v) is 36.2. The molecule has 0 heterocycles. The van der Waals surface area contributed by atoms with Crippen molar-refractivity contribution in [2.24, 2.45) is 23.7 Å². The van der Waals surface area contributed by atoms with Crippen LogP contribution in [0.1, 0.15) is 460 Å². The van der Waals surface area contributed by atoms with Crippen molar-refractivity contribution in [3.05, 3.63) is 0 Å². The second-order valence-electron chi connectivity index (χ2n) is 33.3. The van der Waals surface area contributed by atoms with Crippen molar-refractivity contribution in [3.63, 3.8) is 0 Å². The van der Waals surface area contributed by atoms with E-state index in [1.165, 1.54) is 257 Å². The predicted molar refractivity (Wildman–Crippen MR) is 441 cm³/mol. The third-order valence-corrected chi connectivity index (χ3v) is 22.8. The van der Waals surface area contributed by atoms with Gasteiger partial charge in [-0.3, -0.25) is 37.3 Å². The molecule has 0 bridgehead atoms. The monoisotopic (exact) mass is 1560 g/mol. The minimum absolute atomic E-state index is 0.106. The molecule has 0 saturated carbocycles. The summed E-state index contributed by atoms with van der Waals surface area (Å²) in [6, 6.07) is 0. The van der Waals surface area contributed by atoms with Gasteiger partial charge in [0.05, 0.1) is 26.4 Å². The average molecular weight is 1560 g/mol. The van der Waals surface area contributed by atoms with Crippen LogP contribution < -0.4 is 0 Å². The highest BCUT2D eigenvalue weighted by molar-refractivity contribution is 7.47. The predicted octanol–water partition coefficient (Wildman–Crippen LogP) is 26.7. The van der Waals surface area contributed by atoms with Gasteiger partial charge in [-0.25, -0.2) is 9.13 Å². The lowest BCUT2D eigenvalue weighted by Gasteiger charge is -2.21. The number of aliphatic hydroxyl groups excluding tert-OH is 1. The van der Waals surface area contributed by atoms with Gasteiger partial charge in [-0.2, -0.15) is 0 Å². The summed E-state index contributed by atoms with van der Waals surface area (Å²) in [4.78, 5) is 73.2. The molecule has 6 atom stereocenters. The summed E-state index contributed by atoms with van der Waals surface area (Å²) < 4.78 is 68.9. The number of phosphoric acid groups is 2. The molecule has 0 aliphatic heterocycles. The molecular weight excluding hydrogens is 1390 g/mol. The molecule has 3 N–H and O–H groups in total. The molecule has 0 aromatic rings. The van der Waals surface area contributed by atoms with Gasteiger partial charge in [-0.1, -0.05) is 409 Å². The van der Waals surface area contributed by atoms with Crippen LogP contribution >= 0.6 is 15.6 Å². The molecule has 0 aliphatic rings. The molecule has 0 saturated heterocycles. The Kier molecular flexibility index (Phi) is 75.3. The largest absolute Gasteiger partial charge is 0.472 e. The number of phosphoric ester groups is 2. The minimum atomic E-state index is -4.97. The first-order chi connectivity index (χ1) is 51.6. The molecule has 0 rings (SSSR count). The SMILES string of the molecule is CCC(C)CCCCCCCCCCCCCCCCC(=O)O[C@H](COC(=O)CCCCCCCCC(C)C)COP(=O)(O)OC[C@H](O)COP(=O)(O)OC[C@@H](COC(=O)CCCCCCCCCCCCCCCCCCCCC(C)C)OC(=O)CCCCCCCCCCCCCCCCCCC(C)C. The number of hydrogen-bond donors (Lipinski definition) is 3. The highest BCUT2D eigenvalue weighted by Crippen LogP contribution is 2.45. The Hall–Kier alpha value is -1.94. The zero-order valence-corrected chi connectivity index (χ0v) is 72.6. The third-order valence-electron chi connectivity index (χ3n) is 20.9. The lowest BCUT2D eigenvalue weighted by Crippen LogP contribution is -2.30. The van der Waals surface area contributed by atoms with Gasteiger partial charge in [0.2, 0.25) is 0 Å². The number of rotatable bonds is 85. The first kappa shape index (κ1) is 105. The van der Waals surface area contributed by atoms with Crippen LogP contribution in [-0.4, -0.2) is 96.7 Å². The minimum Gasteiger partial charge on any atom is -0.462 e. The summed E-state index contributed by atoms with van der Waals surface area (Å²) in [5, 5.41) is 10.7. The van der Waals surface area contributed by atoms with Crippen LogP contribution in [-0.2, 0) is 65.4 Å². The molecule has 0 amide bonds. The van der Waals surface area contributed by atoms with Crippen molar-refractivity contribution in [2.45, 2.75) is 478 Å². The quantitative estimate of drug-likeness (QED) is 0.0222. The Balaban J connectivity index is 5.21. The maximum Gasteiger partial charge on any atom is 0.472 e. The fourth-order valence-electron chi connectivity index (χ4n) is 13.6. The van der Waals surface area contributed by atoms with E-state index in [0.29, 0.717) is 31.6 Å². The lowest BCUT2D eigenvalue weighted by molar-refractivity contribution is -0.161. The van der Waals surface area contributed by atoms with Gasteiger partial charge in [-0.15, -0.1) is 0 Å². The Morgan fingerprint density at radius 2 is 0.449 bits per heavy atom. The fraction of sp³-hybridized carbons (Fsp3) is 0.955. The van der Waals surface area contributed by atoms with Gasteiger partial charge in [0.15, 0.2) is 12.2 Å². The first-order valence-electron chi connectivity index (χ1n) is 45.2. The number of carbonyl (C=O) groups excluding carboxylic acids is 4. The number of unbranched alkanes of at least 4 members (excludes halogenated alkanes) is 50. The van der Waals surface area contributed by atoms with Crippen LogP contribution in [0.2, 0.25) is 0 Å². The van der Waals surface area contributed by atoms with Crippen molar-refractivity contribution >= 4 is 39.5 Å². The zero-order valence-electron chi connectivity index (χ0n) is 70.8. The van der Waals surface area contributed by atoms with Crippen molar-refractivity contribution in [3.8, 4) is 0 Å². The van der Waals surface area contributed by atoms with E-state index < -0.39 is 97.5 Å².